The second kappa shape index (κ2) is 8.08. The van der Waals surface area contributed by atoms with Crippen LogP contribution >= 0.6 is 0 Å². The molecule has 0 bridgehead atoms. The van der Waals surface area contributed by atoms with Gasteiger partial charge in [-0.3, -0.25) is 15.2 Å². The Morgan fingerprint density at radius 3 is 2.65 bits per heavy atom. The fourth-order valence-electron chi connectivity index (χ4n) is 3.32. The number of pyridine rings is 1. The summed E-state index contributed by atoms with van der Waals surface area (Å²) in [5, 5.41) is 4.72. The standard InChI is InChI=1S/C24H18N6O/c31-23(27-30-17-26-21-10-4-5-11-22(21)30)13-12-19-16-29(20-8-2-1-3-9-20)28-24(19)18-7-6-14-25-15-18/h1-17H,(H,27,31)/b13-12+. The lowest BCUT2D eigenvalue weighted by Crippen LogP contribution is -2.19. The third-order valence-electron chi connectivity index (χ3n) is 4.80. The Bertz CT molecular complexity index is 1370. The largest absolute Gasteiger partial charge is 0.268 e. The summed E-state index contributed by atoms with van der Waals surface area (Å²) in [6.07, 6.45) is 10.2. The predicted octanol–water partition coefficient (Wildman–Crippen LogP) is 4.07. The monoisotopic (exact) mass is 406 g/mol. The first kappa shape index (κ1) is 18.5. The van der Waals surface area contributed by atoms with E-state index in [1.165, 1.54) is 6.08 Å². The van der Waals surface area contributed by atoms with Crippen molar-refractivity contribution in [2.45, 2.75) is 0 Å². The summed E-state index contributed by atoms with van der Waals surface area (Å²) >= 11 is 0. The Hall–Kier alpha value is -4.52. The Morgan fingerprint density at radius 1 is 0.968 bits per heavy atom. The molecule has 0 fully saturated rings. The lowest BCUT2D eigenvalue weighted by molar-refractivity contribution is -0.112. The maximum absolute atomic E-state index is 12.6. The minimum absolute atomic E-state index is 0.271. The van der Waals surface area contributed by atoms with Gasteiger partial charge in [0.1, 0.15) is 12.0 Å². The minimum atomic E-state index is -0.271. The number of rotatable bonds is 5. The molecule has 0 radical (unpaired) electrons. The van der Waals surface area contributed by atoms with Gasteiger partial charge in [0.2, 0.25) is 0 Å². The predicted molar refractivity (Wildman–Crippen MR) is 120 cm³/mol. The van der Waals surface area contributed by atoms with Crippen LogP contribution in [0.1, 0.15) is 5.56 Å². The molecule has 2 aromatic carbocycles. The van der Waals surface area contributed by atoms with Crippen LogP contribution in [-0.4, -0.2) is 30.3 Å². The van der Waals surface area contributed by atoms with Crippen molar-refractivity contribution in [3.05, 3.63) is 103 Å². The molecule has 7 nitrogen and oxygen atoms in total. The van der Waals surface area contributed by atoms with Crippen LogP contribution in [0, 0.1) is 0 Å². The number of carbonyl (C=O) groups is 1. The second-order valence-corrected chi connectivity index (χ2v) is 6.87. The number of imidazole rings is 1. The molecule has 3 heterocycles. The van der Waals surface area contributed by atoms with E-state index in [1.54, 1.807) is 34.2 Å². The smallest absolute Gasteiger partial charge is 0.262 e. The SMILES string of the molecule is O=C(/C=C/c1cn(-c2ccccc2)nc1-c1cccnc1)Nn1cnc2ccccc21. The first-order chi connectivity index (χ1) is 15.3. The fraction of sp³-hybridized carbons (Fsp3) is 0. The van der Waals surface area contributed by atoms with Crippen molar-refractivity contribution in [3.63, 3.8) is 0 Å². The highest BCUT2D eigenvalue weighted by molar-refractivity contribution is 5.99. The van der Waals surface area contributed by atoms with Crippen LogP contribution in [0.5, 0.6) is 0 Å². The summed E-state index contributed by atoms with van der Waals surface area (Å²) < 4.78 is 3.40. The fourth-order valence-corrected chi connectivity index (χ4v) is 3.32. The number of fused-ring (bicyclic) bond motifs is 1. The molecule has 150 valence electrons. The average molecular weight is 406 g/mol. The molecule has 0 saturated heterocycles. The number of carbonyl (C=O) groups excluding carboxylic acids is 1. The van der Waals surface area contributed by atoms with Gasteiger partial charge in [-0.05, 0) is 42.5 Å². The van der Waals surface area contributed by atoms with Gasteiger partial charge in [-0.25, -0.2) is 14.3 Å². The van der Waals surface area contributed by atoms with E-state index in [0.29, 0.717) is 0 Å². The van der Waals surface area contributed by atoms with Gasteiger partial charge in [-0.15, -0.1) is 0 Å². The highest BCUT2D eigenvalue weighted by atomic mass is 16.2. The number of nitrogens with zero attached hydrogens (tertiary/aromatic N) is 5. The van der Waals surface area contributed by atoms with Crippen molar-refractivity contribution in [2.75, 3.05) is 5.43 Å². The molecule has 5 aromatic rings. The van der Waals surface area contributed by atoms with E-state index in [1.807, 2.05) is 72.9 Å². The second-order valence-electron chi connectivity index (χ2n) is 6.87. The van der Waals surface area contributed by atoms with E-state index in [4.69, 9.17) is 5.10 Å². The van der Waals surface area contributed by atoms with Crippen molar-refractivity contribution in [1.82, 2.24) is 24.4 Å². The molecular weight excluding hydrogens is 388 g/mol. The van der Waals surface area contributed by atoms with Gasteiger partial charge in [0.25, 0.3) is 5.91 Å². The van der Waals surface area contributed by atoms with Crippen LogP contribution in [0.4, 0.5) is 0 Å². The molecule has 0 spiro atoms. The summed E-state index contributed by atoms with van der Waals surface area (Å²) in [6, 6.07) is 21.2. The maximum Gasteiger partial charge on any atom is 0.262 e. The highest BCUT2D eigenvalue weighted by Crippen LogP contribution is 2.24. The average Bonchev–Trinajstić information content (AvgIpc) is 3.44. The summed E-state index contributed by atoms with van der Waals surface area (Å²) in [5.41, 5.74) is 7.82. The topological polar surface area (TPSA) is 77.6 Å². The van der Waals surface area contributed by atoms with Crippen LogP contribution < -0.4 is 5.43 Å². The number of amides is 1. The number of nitrogens with one attached hydrogen (secondary N) is 1. The lowest BCUT2D eigenvalue weighted by atomic mass is 10.1. The number of hydrogen-bond acceptors (Lipinski definition) is 4. The first-order valence-corrected chi connectivity index (χ1v) is 9.74. The molecule has 0 aliphatic carbocycles. The van der Waals surface area contributed by atoms with Crippen LogP contribution in [0.3, 0.4) is 0 Å². The Kier molecular flexibility index (Phi) is 4.82. The molecule has 1 N–H and O–H groups in total. The number of benzene rings is 2. The van der Waals surface area contributed by atoms with E-state index in [9.17, 15) is 4.79 Å². The highest BCUT2D eigenvalue weighted by Gasteiger charge is 2.11. The molecule has 1 amide bonds. The van der Waals surface area contributed by atoms with E-state index < -0.39 is 0 Å². The van der Waals surface area contributed by atoms with E-state index in [2.05, 4.69) is 15.4 Å². The third kappa shape index (κ3) is 3.84. The molecule has 31 heavy (non-hydrogen) atoms. The first-order valence-electron chi connectivity index (χ1n) is 9.74. The van der Waals surface area contributed by atoms with Gasteiger partial charge >= 0.3 is 0 Å². The normalized spacial score (nSPS) is 11.2. The maximum atomic E-state index is 12.6. The van der Waals surface area contributed by atoms with Crippen molar-refractivity contribution in [3.8, 4) is 16.9 Å². The van der Waals surface area contributed by atoms with Crippen molar-refractivity contribution >= 4 is 23.0 Å². The molecule has 3 aromatic heterocycles. The number of para-hydroxylation sites is 3. The van der Waals surface area contributed by atoms with E-state index in [-0.39, 0.29) is 5.91 Å². The zero-order valence-electron chi connectivity index (χ0n) is 16.5. The van der Waals surface area contributed by atoms with E-state index >= 15 is 0 Å². The van der Waals surface area contributed by atoms with Crippen LogP contribution in [0.25, 0.3) is 34.1 Å². The quantitative estimate of drug-likeness (QED) is 0.447. The van der Waals surface area contributed by atoms with Crippen LogP contribution in [-0.2, 0) is 4.79 Å². The Labute approximate surface area is 178 Å². The van der Waals surface area contributed by atoms with Gasteiger partial charge < -0.3 is 0 Å². The number of aromatic nitrogens is 5. The van der Waals surface area contributed by atoms with Crippen molar-refractivity contribution < 1.29 is 4.79 Å². The molecular formula is C24H18N6O. The molecule has 0 aliphatic heterocycles. The van der Waals surface area contributed by atoms with Gasteiger partial charge in [-0.1, -0.05) is 30.3 Å². The van der Waals surface area contributed by atoms with E-state index in [0.717, 1.165) is 33.5 Å². The Morgan fingerprint density at radius 2 is 1.81 bits per heavy atom. The van der Waals surface area contributed by atoms with Gasteiger partial charge in [0, 0.05) is 35.8 Å². The molecule has 0 unspecified atom stereocenters. The van der Waals surface area contributed by atoms with Crippen molar-refractivity contribution in [1.29, 1.82) is 0 Å². The summed E-state index contributed by atoms with van der Waals surface area (Å²) in [7, 11) is 0. The van der Waals surface area contributed by atoms with Gasteiger partial charge in [-0.2, -0.15) is 5.10 Å². The summed E-state index contributed by atoms with van der Waals surface area (Å²) in [4.78, 5) is 21.0. The molecule has 7 heteroatoms. The zero-order chi connectivity index (χ0) is 21.0. The summed E-state index contributed by atoms with van der Waals surface area (Å²) in [6.45, 7) is 0. The molecule has 0 aliphatic rings. The minimum Gasteiger partial charge on any atom is -0.268 e. The lowest BCUT2D eigenvalue weighted by Gasteiger charge is -2.03. The molecule has 0 saturated carbocycles. The zero-order valence-corrected chi connectivity index (χ0v) is 16.5. The number of hydrogen-bond donors (Lipinski definition) is 1. The van der Waals surface area contributed by atoms with Crippen molar-refractivity contribution in [2.24, 2.45) is 0 Å². The summed E-state index contributed by atoms with van der Waals surface area (Å²) in [5.74, 6) is -0.271. The van der Waals surface area contributed by atoms with Crippen LogP contribution in [0.15, 0.2) is 97.7 Å². The van der Waals surface area contributed by atoms with Crippen LogP contribution in [0.2, 0.25) is 0 Å². The third-order valence-corrected chi connectivity index (χ3v) is 4.80. The molecule has 0 atom stereocenters. The van der Waals surface area contributed by atoms with Gasteiger partial charge in [0.05, 0.1) is 16.7 Å². The van der Waals surface area contributed by atoms with Gasteiger partial charge in [0.15, 0.2) is 0 Å². The Balaban J connectivity index is 1.45. The molecule has 5 rings (SSSR count).